The lowest BCUT2D eigenvalue weighted by Gasteiger charge is -2.35. The smallest absolute Gasteiger partial charge is 0.325 e. The third-order valence-corrected chi connectivity index (χ3v) is 4.42. The van der Waals surface area contributed by atoms with Crippen LogP contribution >= 0.6 is 7.60 Å². The number of rotatable bonds is 7. The van der Waals surface area contributed by atoms with E-state index in [1.807, 2.05) is 13.8 Å². The summed E-state index contributed by atoms with van der Waals surface area (Å²) in [7, 11) is -4.11. The molecule has 6 heteroatoms. The van der Waals surface area contributed by atoms with Crippen molar-refractivity contribution < 1.29 is 23.9 Å². The van der Waals surface area contributed by atoms with Crippen molar-refractivity contribution in [2.24, 2.45) is 11.3 Å². The van der Waals surface area contributed by atoms with Crippen molar-refractivity contribution in [1.82, 2.24) is 0 Å². The van der Waals surface area contributed by atoms with E-state index in [1.165, 1.54) is 0 Å². The topological polar surface area (TPSA) is 83.8 Å². The molecule has 0 heterocycles. The van der Waals surface area contributed by atoms with Crippen LogP contribution in [0.15, 0.2) is 0 Å². The summed E-state index contributed by atoms with van der Waals surface area (Å²) in [5, 5.41) is 0. The van der Waals surface area contributed by atoms with Crippen molar-refractivity contribution in [3.8, 4) is 0 Å². The number of carbonyl (C=O) groups excluding carboxylic acids is 1. The van der Waals surface area contributed by atoms with Crippen LogP contribution in [0.4, 0.5) is 0 Å². The maximum absolute atomic E-state index is 12.0. The van der Waals surface area contributed by atoms with Gasteiger partial charge in [0.05, 0.1) is 18.2 Å². The molecule has 102 valence electrons. The van der Waals surface area contributed by atoms with E-state index in [4.69, 9.17) is 14.5 Å². The molecule has 0 radical (unpaired) electrons. The highest BCUT2D eigenvalue weighted by atomic mass is 31.2. The second-order valence-corrected chi connectivity index (χ2v) is 6.03. The first-order chi connectivity index (χ1) is 7.73. The van der Waals surface area contributed by atoms with E-state index in [2.05, 4.69) is 0 Å². The van der Waals surface area contributed by atoms with Crippen molar-refractivity contribution in [3.63, 3.8) is 0 Å². The van der Waals surface area contributed by atoms with Crippen LogP contribution < -0.4 is 0 Å². The maximum atomic E-state index is 12.0. The van der Waals surface area contributed by atoms with Gasteiger partial charge in [0.25, 0.3) is 0 Å². The van der Waals surface area contributed by atoms with E-state index in [-0.39, 0.29) is 18.7 Å². The largest absolute Gasteiger partial charge is 0.466 e. The van der Waals surface area contributed by atoms with Gasteiger partial charge in [-0.25, -0.2) is 0 Å². The highest BCUT2D eigenvalue weighted by molar-refractivity contribution is 7.51. The minimum atomic E-state index is -4.11. The summed E-state index contributed by atoms with van der Waals surface area (Å²) in [5.74, 6) is -0.761. The molecule has 0 amide bonds. The van der Waals surface area contributed by atoms with Gasteiger partial charge in [-0.1, -0.05) is 20.8 Å². The van der Waals surface area contributed by atoms with Gasteiger partial charge in [-0.2, -0.15) is 0 Å². The number of carbonyl (C=O) groups is 1. The van der Waals surface area contributed by atoms with Gasteiger partial charge in [-0.15, -0.1) is 0 Å². The van der Waals surface area contributed by atoms with E-state index < -0.39 is 18.9 Å². The normalized spacial score (nSPS) is 14.5. The molecule has 0 aromatic carbocycles. The number of hydrogen-bond acceptors (Lipinski definition) is 3. The summed E-state index contributed by atoms with van der Waals surface area (Å²) < 4.78 is 16.1. The molecule has 0 fully saturated rings. The predicted octanol–water partition coefficient (Wildman–Crippen LogP) is 2.17. The lowest BCUT2D eigenvalue weighted by molar-refractivity contribution is -0.159. The maximum Gasteiger partial charge on any atom is 0.325 e. The molecule has 0 aliphatic rings. The summed E-state index contributed by atoms with van der Waals surface area (Å²) in [6.45, 7) is 7.39. The molecule has 1 atom stereocenters. The molecular weight excluding hydrogens is 243 g/mol. The quantitative estimate of drug-likeness (QED) is 0.545. The Morgan fingerprint density at radius 2 is 1.76 bits per heavy atom. The lowest BCUT2D eigenvalue weighted by Crippen LogP contribution is -2.39. The molecule has 17 heavy (non-hydrogen) atoms. The Morgan fingerprint density at radius 1 is 1.29 bits per heavy atom. The van der Waals surface area contributed by atoms with Gasteiger partial charge in [0.15, 0.2) is 0 Å². The Bertz CT molecular complexity index is 292. The van der Waals surface area contributed by atoms with Gasteiger partial charge in [0.2, 0.25) is 0 Å². The average Bonchev–Trinajstić information content (AvgIpc) is 2.18. The summed E-state index contributed by atoms with van der Waals surface area (Å²) in [6.07, 6.45) is 0.750. The van der Waals surface area contributed by atoms with Crippen LogP contribution in [0.1, 0.15) is 40.5 Å². The van der Waals surface area contributed by atoms with Gasteiger partial charge in [0.1, 0.15) is 0 Å². The molecule has 0 aliphatic carbocycles. The van der Waals surface area contributed by atoms with E-state index in [1.54, 1.807) is 13.8 Å². The number of ether oxygens (including phenoxy) is 1. The molecule has 0 saturated carbocycles. The van der Waals surface area contributed by atoms with Gasteiger partial charge in [-0.3, -0.25) is 9.36 Å². The highest BCUT2D eigenvalue weighted by Gasteiger charge is 2.43. The molecule has 0 bridgehead atoms. The molecule has 0 aromatic heterocycles. The van der Waals surface area contributed by atoms with Crippen molar-refractivity contribution in [3.05, 3.63) is 0 Å². The molecule has 0 aliphatic heterocycles. The zero-order valence-electron chi connectivity index (χ0n) is 11.0. The second kappa shape index (κ2) is 6.53. The fourth-order valence-corrected chi connectivity index (χ4v) is 3.31. The minimum absolute atomic E-state index is 0.281. The monoisotopic (exact) mass is 266 g/mol. The molecule has 2 N–H and O–H groups in total. The van der Waals surface area contributed by atoms with Crippen LogP contribution in [0.3, 0.4) is 0 Å². The van der Waals surface area contributed by atoms with Crippen molar-refractivity contribution in [2.45, 2.75) is 40.5 Å². The van der Waals surface area contributed by atoms with Gasteiger partial charge >= 0.3 is 13.6 Å². The first kappa shape index (κ1) is 16.6. The Balaban J connectivity index is 5.05. The molecular formula is C11H23O5P. The van der Waals surface area contributed by atoms with Gasteiger partial charge < -0.3 is 14.5 Å². The molecule has 0 rings (SSSR count). The summed E-state index contributed by atoms with van der Waals surface area (Å²) in [4.78, 5) is 30.0. The zero-order valence-corrected chi connectivity index (χ0v) is 11.9. The number of esters is 1. The van der Waals surface area contributed by atoms with Crippen molar-refractivity contribution in [2.75, 3.05) is 12.8 Å². The molecule has 0 saturated heterocycles. The third kappa shape index (κ3) is 4.41. The van der Waals surface area contributed by atoms with Crippen LogP contribution in [-0.4, -0.2) is 28.5 Å². The molecule has 1 unspecified atom stereocenters. The highest BCUT2D eigenvalue weighted by Crippen LogP contribution is 2.45. The van der Waals surface area contributed by atoms with Crippen molar-refractivity contribution in [1.29, 1.82) is 0 Å². The SMILES string of the molecule is CCOC(=O)C(CC)(CC)C(C)CP(=O)(O)O. The number of hydrogen-bond donors (Lipinski definition) is 2. The minimum Gasteiger partial charge on any atom is -0.466 e. The molecule has 0 aromatic rings. The van der Waals surface area contributed by atoms with E-state index in [0.717, 1.165) is 0 Å². The summed E-state index contributed by atoms with van der Waals surface area (Å²) in [5.41, 5.74) is -0.795. The van der Waals surface area contributed by atoms with Crippen LogP contribution in [0.2, 0.25) is 0 Å². The Kier molecular flexibility index (Phi) is 6.38. The van der Waals surface area contributed by atoms with Crippen LogP contribution in [0, 0.1) is 11.3 Å². The predicted molar refractivity (Wildman–Crippen MR) is 65.7 cm³/mol. The van der Waals surface area contributed by atoms with Crippen LogP contribution in [0.5, 0.6) is 0 Å². The van der Waals surface area contributed by atoms with E-state index in [9.17, 15) is 9.36 Å². The van der Waals surface area contributed by atoms with Gasteiger partial charge in [-0.05, 0) is 25.7 Å². The zero-order chi connectivity index (χ0) is 13.7. The van der Waals surface area contributed by atoms with Crippen LogP contribution in [-0.2, 0) is 14.1 Å². The second-order valence-electron chi connectivity index (χ2n) is 4.33. The van der Waals surface area contributed by atoms with Crippen LogP contribution in [0.25, 0.3) is 0 Å². The fourth-order valence-electron chi connectivity index (χ4n) is 2.24. The summed E-state index contributed by atoms with van der Waals surface area (Å²) in [6, 6.07) is 0. The third-order valence-electron chi connectivity index (χ3n) is 3.40. The summed E-state index contributed by atoms with van der Waals surface area (Å²) >= 11 is 0. The van der Waals surface area contributed by atoms with E-state index in [0.29, 0.717) is 12.8 Å². The lowest BCUT2D eigenvalue weighted by atomic mass is 9.73. The van der Waals surface area contributed by atoms with E-state index >= 15 is 0 Å². The standard InChI is InChI=1S/C11H23O5P/c1-5-11(6-2,10(12)16-7-3)9(4)8-17(13,14)15/h9H,5-8H2,1-4H3,(H2,13,14,15). The Hall–Kier alpha value is -0.380. The first-order valence-corrected chi connectivity index (χ1v) is 7.75. The first-order valence-electron chi connectivity index (χ1n) is 5.95. The molecule has 5 nitrogen and oxygen atoms in total. The van der Waals surface area contributed by atoms with Gasteiger partial charge in [0, 0.05) is 0 Å². The fraction of sp³-hybridized carbons (Fsp3) is 0.909. The molecule has 0 spiro atoms. The van der Waals surface area contributed by atoms with Crippen molar-refractivity contribution >= 4 is 13.6 Å². The average molecular weight is 266 g/mol. The Labute approximate surface area is 103 Å². The Morgan fingerprint density at radius 3 is 2.06 bits per heavy atom.